The Bertz CT molecular complexity index is 483. The molecule has 6 heteroatoms. The van der Waals surface area contributed by atoms with E-state index in [1.165, 1.54) is 0 Å². The van der Waals surface area contributed by atoms with Gasteiger partial charge in [0.2, 0.25) is 0 Å². The van der Waals surface area contributed by atoms with Gasteiger partial charge >= 0.3 is 6.03 Å². The normalized spacial score (nSPS) is 13.3. The molecule has 0 aliphatic heterocycles. The average molecular weight is 313 g/mol. The van der Waals surface area contributed by atoms with E-state index in [1.807, 2.05) is 41.5 Å². The van der Waals surface area contributed by atoms with Crippen molar-refractivity contribution in [2.75, 3.05) is 6.54 Å². The van der Waals surface area contributed by atoms with Gasteiger partial charge in [0.15, 0.2) is 0 Å². The highest BCUT2D eigenvalue weighted by atomic mass is 32.1. The second-order valence-electron chi connectivity index (χ2n) is 6.46. The minimum Gasteiger partial charge on any atom is -0.392 e. The third-order valence-corrected chi connectivity index (χ3v) is 4.62. The number of aliphatic hydroxyl groups excluding tert-OH is 1. The van der Waals surface area contributed by atoms with Crippen LogP contribution in [0.4, 0.5) is 4.79 Å². The van der Waals surface area contributed by atoms with Crippen LogP contribution in [-0.4, -0.2) is 28.8 Å². The fourth-order valence-electron chi connectivity index (χ4n) is 2.28. The van der Waals surface area contributed by atoms with Crippen LogP contribution in [0.2, 0.25) is 0 Å². The summed E-state index contributed by atoms with van der Waals surface area (Å²) in [5.41, 5.74) is 0.607. The molecule has 1 aromatic heterocycles. The molecule has 0 fully saturated rings. The van der Waals surface area contributed by atoms with Crippen LogP contribution in [-0.2, 0) is 6.54 Å². The maximum Gasteiger partial charge on any atom is 0.315 e. The van der Waals surface area contributed by atoms with Crippen molar-refractivity contribution in [3.63, 3.8) is 0 Å². The maximum absolute atomic E-state index is 11.9. The van der Waals surface area contributed by atoms with E-state index in [1.54, 1.807) is 11.3 Å². The molecule has 1 heterocycles. The summed E-state index contributed by atoms with van der Waals surface area (Å²) in [5, 5.41) is 16.8. The van der Waals surface area contributed by atoms with Crippen LogP contribution < -0.4 is 10.6 Å². The molecule has 0 aliphatic carbocycles. The number of aliphatic hydroxyl groups is 1. The van der Waals surface area contributed by atoms with Crippen LogP contribution in [0.3, 0.4) is 0 Å². The number of aromatic nitrogens is 1. The number of nitrogens with one attached hydrogen (secondary N) is 2. The summed E-state index contributed by atoms with van der Waals surface area (Å²) >= 11 is 1.60. The van der Waals surface area contributed by atoms with Gasteiger partial charge < -0.3 is 15.7 Å². The number of nitrogens with zero attached hydrogens (tertiary/aromatic N) is 1. The molecule has 0 saturated heterocycles. The highest BCUT2D eigenvalue weighted by molar-refractivity contribution is 7.11. The van der Waals surface area contributed by atoms with Crippen molar-refractivity contribution in [3.05, 3.63) is 15.6 Å². The molecule has 21 heavy (non-hydrogen) atoms. The molecule has 1 aromatic rings. The van der Waals surface area contributed by atoms with Gasteiger partial charge in [-0.15, -0.1) is 11.3 Å². The summed E-state index contributed by atoms with van der Waals surface area (Å²) in [4.78, 5) is 17.3. The summed E-state index contributed by atoms with van der Waals surface area (Å²) < 4.78 is 0. The topological polar surface area (TPSA) is 74.2 Å². The summed E-state index contributed by atoms with van der Waals surface area (Å²) in [6.07, 6.45) is -0.454. The fourth-order valence-corrected chi connectivity index (χ4v) is 3.15. The van der Waals surface area contributed by atoms with Gasteiger partial charge in [-0.05, 0) is 19.8 Å². The Balaban J connectivity index is 2.42. The standard InChI is InChI=1S/C15H27N3O2S/c1-9(2)13(19)15(5,6)8-17-14(20)16-7-12-10(3)18-11(4)21-12/h9,13,19H,7-8H2,1-6H3,(H2,16,17,20). The van der Waals surface area contributed by atoms with Gasteiger partial charge in [0.1, 0.15) is 0 Å². The number of carbonyl (C=O) groups is 1. The van der Waals surface area contributed by atoms with E-state index >= 15 is 0 Å². The van der Waals surface area contributed by atoms with Gasteiger partial charge in [0.25, 0.3) is 0 Å². The number of carbonyl (C=O) groups excluding carboxylic acids is 1. The van der Waals surface area contributed by atoms with Crippen LogP contribution in [0.25, 0.3) is 0 Å². The van der Waals surface area contributed by atoms with E-state index in [0.29, 0.717) is 13.1 Å². The highest BCUT2D eigenvalue weighted by Crippen LogP contribution is 2.25. The average Bonchev–Trinajstić information content (AvgIpc) is 2.71. The molecular formula is C15H27N3O2S. The molecule has 0 aliphatic rings. The third kappa shape index (κ3) is 5.28. The van der Waals surface area contributed by atoms with E-state index < -0.39 is 6.10 Å². The van der Waals surface area contributed by atoms with Crippen LogP contribution in [0.15, 0.2) is 0 Å². The second kappa shape index (κ2) is 7.22. The first-order valence-electron chi connectivity index (χ1n) is 7.26. The van der Waals surface area contributed by atoms with E-state index in [2.05, 4.69) is 15.6 Å². The molecule has 3 N–H and O–H groups in total. The van der Waals surface area contributed by atoms with Gasteiger partial charge in [-0.25, -0.2) is 9.78 Å². The number of hydrogen-bond acceptors (Lipinski definition) is 4. The zero-order valence-corrected chi connectivity index (χ0v) is 14.6. The van der Waals surface area contributed by atoms with Crippen molar-refractivity contribution in [1.82, 2.24) is 15.6 Å². The van der Waals surface area contributed by atoms with Crippen molar-refractivity contribution < 1.29 is 9.90 Å². The zero-order valence-electron chi connectivity index (χ0n) is 13.8. The summed E-state index contributed by atoms with van der Waals surface area (Å²) in [7, 11) is 0. The molecule has 0 bridgehead atoms. The molecule has 1 unspecified atom stereocenters. The number of urea groups is 1. The van der Waals surface area contributed by atoms with E-state index in [0.717, 1.165) is 15.6 Å². The Morgan fingerprint density at radius 3 is 2.43 bits per heavy atom. The molecule has 120 valence electrons. The molecule has 1 atom stereocenters. The molecule has 2 amide bonds. The molecule has 1 rings (SSSR count). The Hall–Kier alpha value is -1.14. The lowest BCUT2D eigenvalue weighted by Crippen LogP contribution is -2.46. The Labute approximate surface area is 131 Å². The van der Waals surface area contributed by atoms with E-state index in [-0.39, 0.29) is 17.4 Å². The molecular weight excluding hydrogens is 286 g/mol. The maximum atomic E-state index is 11.9. The van der Waals surface area contributed by atoms with Crippen LogP contribution in [0.1, 0.15) is 43.3 Å². The SMILES string of the molecule is Cc1nc(C)c(CNC(=O)NCC(C)(C)C(O)C(C)C)s1. The first kappa shape index (κ1) is 17.9. The molecule has 0 saturated carbocycles. The number of hydrogen-bond donors (Lipinski definition) is 3. The number of aryl methyl sites for hydroxylation is 2. The van der Waals surface area contributed by atoms with Crippen LogP contribution >= 0.6 is 11.3 Å². The predicted octanol–water partition coefficient (Wildman–Crippen LogP) is 2.60. The lowest BCUT2D eigenvalue weighted by molar-refractivity contribution is 0.0151. The fraction of sp³-hybridized carbons (Fsp3) is 0.733. The van der Waals surface area contributed by atoms with Gasteiger partial charge in [-0.3, -0.25) is 0 Å². The first-order chi connectivity index (χ1) is 9.63. The van der Waals surface area contributed by atoms with Crippen molar-refractivity contribution in [2.24, 2.45) is 11.3 Å². The van der Waals surface area contributed by atoms with Gasteiger partial charge in [-0.2, -0.15) is 0 Å². The number of rotatable bonds is 6. The Morgan fingerprint density at radius 2 is 1.95 bits per heavy atom. The molecule has 0 radical (unpaired) electrons. The molecule has 5 nitrogen and oxygen atoms in total. The quantitative estimate of drug-likeness (QED) is 0.756. The highest BCUT2D eigenvalue weighted by Gasteiger charge is 2.30. The van der Waals surface area contributed by atoms with E-state index in [9.17, 15) is 9.90 Å². The molecule has 0 spiro atoms. The van der Waals surface area contributed by atoms with Crippen molar-refractivity contribution in [3.8, 4) is 0 Å². The smallest absolute Gasteiger partial charge is 0.315 e. The summed E-state index contributed by atoms with van der Waals surface area (Å²) in [5.74, 6) is 0.160. The zero-order chi connectivity index (χ0) is 16.2. The van der Waals surface area contributed by atoms with Gasteiger partial charge in [-0.1, -0.05) is 27.7 Å². The van der Waals surface area contributed by atoms with Gasteiger partial charge in [0, 0.05) is 16.8 Å². The third-order valence-electron chi connectivity index (χ3n) is 3.55. The number of amides is 2. The minimum absolute atomic E-state index is 0.160. The Kier molecular flexibility index (Phi) is 6.16. The lowest BCUT2D eigenvalue weighted by atomic mass is 9.81. The summed E-state index contributed by atoms with van der Waals surface area (Å²) in [6.45, 7) is 12.7. The lowest BCUT2D eigenvalue weighted by Gasteiger charge is -2.33. The first-order valence-corrected chi connectivity index (χ1v) is 8.08. The van der Waals surface area contributed by atoms with Crippen LogP contribution in [0.5, 0.6) is 0 Å². The number of thiazole rings is 1. The molecule has 0 aromatic carbocycles. The largest absolute Gasteiger partial charge is 0.392 e. The Morgan fingerprint density at radius 1 is 1.33 bits per heavy atom. The van der Waals surface area contributed by atoms with Crippen molar-refractivity contribution >= 4 is 17.4 Å². The van der Waals surface area contributed by atoms with Crippen LogP contribution in [0, 0.1) is 25.2 Å². The second-order valence-corrected chi connectivity index (χ2v) is 7.74. The van der Waals surface area contributed by atoms with E-state index in [4.69, 9.17) is 0 Å². The summed E-state index contributed by atoms with van der Waals surface area (Å²) in [6, 6.07) is -0.218. The van der Waals surface area contributed by atoms with Crippen molar-refractivity contribution in [1.29, 1.82) is 0 Å². The van der Waals surface area contributed by atoms with Crippen molar-refractivity contribution in [2.45, 2.75) is 54.2 Å². The van der Waals surface area contributed by atoms with Gasteiger partial charge in [0.05, 0.1) is 23.4 Å². The minimum atomic E-state index is -0.454. The monoisotopic (exact) mass is 313 g/mol. The predicted molar refractivity (Wildman–Crippen MR) is 86.5 cm³/mol.